The Morgan fingerprint density at radius 1 is 1.06 bits per heavy atom. The number of aryl methyl sites for hydroxylation is 1. The minimum Gasteiger partial charge on any atom is -0.382 e. The van der Waals surface area contributed by atoms with Crippen molar-refractivity contribution in [2.45, 2.75) is 42.9 Å². The van der Waals surface area contributed by atoms with Crippen LogP contribution in [0, 0.1) is 0 Å². The van der Waals surface area contributed by atoms with Crippen LogP contribution < -0.4 is 0 Å². The Hall–Kier alpha value is -2.31. The number of rotatable bonds is 12. The molecule has 0 aliphatic carbocycles. The molecule has 1 aromatic heterocycles. The first-order chi connectivity index (χ1) is 16.5. The van der Waals surface area contributed by atoms with E-state index in [-0.39, 0.29) is 11.7 Å². The van der Waals surface area contributed by atoms with Gasteiger partial charge in [0, 0.05) is 35.2 Å². The number of aromatic nitrogens is 2. The zero-order valence-corrected chi connectivity index (χ0v) is 21.3. The Morgan fingerprint density at radius 3 is 2.59 bits per heavy atom. The summed E-state index contributed by atoms with van der Waals surface area (Å²) in [5.74, 6) is 0.812. The summed E-state index contributed by atoms with van der Waals surface area (Å²) in [6, 6.07) is 23.1. The van der Waals surface area contributed by atoms with Crippen LogP contribution in [0.25, 0.3) is 10.8 Å². The average molecular weight is 495 g/mol. The van der Waals surface area contributed by atoms with E-state index < -0.39 is 0 Å². The van der Waals surface area contributed by atoms with Gasteiger partial charge in [0.1, 0.15) is 0 Å². The summed E-state index contributed by atoms with van der Waals surface area (Å²) < 4.78 is 14.4. The predicted molar refractivity (Wildman–Crippen MR) is 142 cm³/mol. The number of hydrogen-bond donors (Lipinski definition) is 0. The molecule has 3 aromatic carbocycles. The Labute approximate surface area is 211 Å². The highest BCUT2D eigenvalue weighted by Crippen LogP contribution is 2.28. The predicted octanol–water partition coefficient (Wildman–Crippen LogP) is 6.91. The van der Waals surface area contributed by atoms with E-state index in [1.165, 1.54) is 21.2 Å². The lowest BCUT2D eigenvalue weighted by Crippen LogP contribution is -2.41. The summed E-state index contributed by atoms with van der Waals surface area (Å²) in [6.45, 7) is 3.45. The summed E-state index contributed by atoms with van der Waals surface area (Å²) in [5.41, 5.74) is 0.867. The van der Waals surface area contributed by atoms with Crippen LogP contribution in [-0.4, -0.2) is 40.7 Å². The molecule has 0 radical (unpaired) electrons. The van der Waals surface area contributed by atoms with Crippen molar-refractivity contribution in [1.82, 2.24) is 9.55 Å². The highest BCUT2D eigenvalue weighted by Gasteiger charge is 2.30. The van der Waals surface area contributed by atoms with Gasteiger partial charge in [-0.05, 0) is 60.4 Å². The second-order valence-corrected chi connectivity index (χ2v) is 10.4. The molecule has 4 rings (SSSR count). The van der Waals surface area contributed by atoms with E-state index in [0.29, 0.717) is 6.61 Å². The molecule has 0 aliphatic rings. The molecule has 0 saturated carbocycles. The minimum absolute atomic E-state index is 0.0415. The third-order valence-electron chi connectivity index (χ3n) is 5.89. The maximum atomic E-state index is 6.79. The molecular formula is C28H31ClN2O2S. The lowest BCUT2D eigenvalue weighted by molar-refractivity contribution is -0.107. The van der Waals surface area contributed by atoms with Crippen molar-refractivity contribution in [3.05, 3.63) is 96.0 Å². The average Bonchev–Trinajstić information content (AvgIpc) is 3.35. The van der Waals surface area contributed by atoms with E-state index in [9.17, 15) is 0 Å². The molecule has 0 saturated heterocycles. The number of imidazole rings is 1. The van der Waals surface area contributed by atoms with Crippen LogP contribution in [0.15, 0.2) is 90.3 Å². The molecule has 0 aliphatic heterocycles. The van der Waals surface area contributed by atoms with Crippen LogP contribution >= 0.6 is 23.4 Å². The first-order valence-electron chi connectivity index (χ1n) is 11.5. The molecule has 6 heteroatoms. The Bertz CT molecular complexity index is 1170. The van der Waals surface area contributed by atoms with Crippen molar-refractivity contribution >= 4 is 34.1 Å². The molecule has 4 aromatic rings. The van der Waals surface area contributed by atoms with Gasteiger partial charge in [0.05, 0.1) is 31.2 Å². The third kappa shape index (κ3) is 7.09. The number of thioether (sulfide) groups is 1. The molecule has 0 spiro atoms. The number of ether oxygens (including phenoxy) is 2. The Balaban J connectivity index is 1.45. The molecule has 1 heterocycles. The smallest absolute Gasteiger partial charge is 0.0946 e. The quantitative estimate of drug-likeness (QED) is 0.200. The number of hydrogen-bond acceptors (Lipinski definition) is 4. The molecule has 0 fully saturated rings. The zero-order chi connectivity index (χ0) is 23.8. The van der Waals surface area contributed by atoms with Gasteiger partial charge < -0.3 is 14.0 Å². The Kier molecular flexibility index (Phi) is 8.68. The van der Waals surface area contributed by atoms with Gasteiger partial charge in [0.15, 0.2) is 0 Å². The van der Waals surface area contributed by atoms with E-state index in [1.54, 1.807) is 7.11 Å². The number of nitrogens with zero attached hydrogens (tertiary/aromatic N) is 2. The number of benzene rings is 3. The van der Waals surface area contributed by atoms with Gasteiger partial charge in [0.25, 0.3) is 0 Å². The van der Waals surface area contributed by atoms with Crippen LogP contribution in [-0.2, 0) is 22.4 Å². The minimum atomic E-state index is -0.381. The fourth-order valence-corrected chi connectivity index (χ4v) is 5.20. The second-order valence-electron chi connectivity index (χ2n) is 8.83. The molecule has 4 nitrogen and oxygen atoms in total. The topological polar surface area (TPSA) is 36.3 Å². The number of fused-ring (bicyclic) bond motifs is 1. The number of halogens is 1. The van der Waals surface area contributed by atoms with Crippen LogP contribution in [0.4, 0.5) is 0 Å². The van der Waals surface area contributed by atoms with Crippen LogP contribution in [0.3, 0.4) is 0 Å². The first-order valence-corrected chi connectivity index (χ1v) is 12.9. The van der Waals surface area contributed by atoms with Gasteiger partial charge in [-0.2, -0.15) is 0 Å². The number of methoxy groups -OCH3 is 1. The maximum Gasteiger partial charge on any atom is 0.0946 e. The van der Waals surface area contributed by atoms with Gasteiger partial charge in [-0.15, -0.1) is 11.8 Å². The van der Waals surface area contributed by atoms with Gasteiger partial charge in [-0.1, -0.05) is 54.1 Å². The molecule has 178 valence electrons. The third-order valence-corrected chi connectivity index (χ3v) is 7.27. The standard InChI is InChI=1S/C28H31ClN2O2S/c1-28(20-31-16-15-30-21-31,14-13-22-7-10-25(29)11-8-22)33-26(18-32-2)19-34-27-12-9-23-5-3-4-6-24(23)17-27/h3-12,15-17,21,26H,13-14,18-20H2,1-2H3/t26-,28-/m0/s1. The van der Waals surface area contributed by atoms with E-state index in [1.807, 2.05) is 42.6 Å². The van der Waals surface area contributed by atoms with Gasteiger partial charge in [-0.3, -0.25) is 0 Å². The van der Waals surface area contributed by atoms with Crippen molar-refractivity contribution in [3.8, 4) is 0 Å². The van der Waals surface area contributed by atoms with Crippen molar-refractivity contribution in [1.29, 1.82) is 0 Å². The summed E-state index contributed by atoms with van der Waals surface area (Å²) >= 11 is 7.88. The highest BCUT2D eigenvalue weighted by molar-refractivity contribution is 7.99. The first kappa shape index (κ1) is 24.8. The molecule has 0 N–H and O–H groups in total. The van der Waals surface area contributed by atoms with Crippen LogP contribution in [0.1, 0.15) is 18.9 Å². The van der Waals surface area contributed by atoms with E-state index in [4.69, 9.17) is 21.1 Å². The largest absolute Gasteiger partial charge is 0.382 e. The summed E-state index contributed by atoms with van der Waals surface area (Å²) in [4.78, 5) is 5.45. The molecule has 2 atom stereocenters. The van der Waals surface area contributed by atoms with Crippen LogP contribution in [0.2, 0.25) is 5.02 Å². The summed E-state index contributed by atoms with van der Waals surface area (Å²) in [5, 5.41) is 3.27. The fraction of sp³-hybridized carbons (Fsp3) is 0.321. The fourth-order valence-electron chi connectivity index (χ4n) is 4.15. The Morgan fingerprint density at radius 2 is 1.85 bits per heavy atom. The molecule has 0 bridgehead atoms. The van der Waals surface area contributed by atoms with Crippen LogP contribution in [0.5, 0.6) is 0 Å². The van der Waals surface area contributed by atoms with E-state index >= 15 is 0 Å². The summed E-state index contributed by atoms with van der Waals surface area (Å²) in [6.07, 6.45) is 7.37. The van der Waals surface area contributed by atoms with Gasteiger partial charge in [-0.25, -0.2) is 4.98 Å². The summed E-state index contributed by atoms with van der Waals surface area (Å²) in [7, 11) is 1.73. The SMILES string of the molecule is COC[C@@H](CSc1ccc2ccccc2c1)O[C@@](C)(CCc1ccc(Cl)cc1)Cn1ccnc1. The molecule has 0 unspecified atom stereocenters. The monoisotopic (exact) mass is 494 g/mol. The lowest BCUT2D eigenvalue weighted by atomic mass is 9.96. The van der Waals surface area contributed by atoms with Crippen molar-refractivity contribution < 1.29 is 9.47 Å². The molecular weight excluding hydrogens is 464 g/mol. The molecule has 34 heavy (non-hydrogen) atoms. The highest BCUT2D eigenvalue weighted by atomic mass is 35.5. The second kappa shape index (κ2) is 11.9. The normalized spacial score (nSPS) is 14.2. The maximum absolute atomic E-state index is 6.79. The van der Waals surface area contributed by atoms with Crippen molar-refractivity contribution in [2.24, 2.45) is 0 Å². The van der Waals surface area contributed by atoms with Gasteiger partial charge in [0.2, 0.25) is 0 Å². The van der Waals surface area contributed by atoms with Gasteiger partial charge >= 0.3 is 0 Å². The lowest BCUT2D eigenvalue weighted by Gasteiger charge is -2.34. The van der Waals surface area contributed by atoms with E-state index in [0.717, 1.165) is 30.2 Å². The van der Waals surface area contributed by atoms with E-state index in [2.05, 4.69) is 71.1 Å². The van der Waals surface area contributed by atoms with Crippen molar-refractivity contribution in [3.63, 3.8) is 0 Å². The zero-order valence-electron chi connectivity index (χ0n) is 19.7. The molecule has 0 amide bonds. The van der Waals surface area contributed by atoms with Crippen molar-refractivity contribution in [2.75, 3.05) is 19.5 Å².